The first-order valence-electron chi connectivity index (χ1n) is 12.4. The third-order valence-corrected chi connectivity index (χ3v) is 8.87. The molecule has 2 aliphatic heterocycles. The summed E-state index contributed by atoms with van der Waals surface area (Å²) in [5, 5.41) is 10.1. The molecule has 2 unspecified atom stereocenters. The number of nitrogens with zero attached hydrogens (tertiary/aromatic N) is 2. The maximum atomic E-state index is 13.4. The van der Waals surface area contributed by atoms with Gasteiger partial charge in [0.05, 0.1) is 15.8 Å². The van der Waals surface area contributed by atoms with Crippen molar-refractivity contribution in [2.24, 2.45) is 11.8 Å². The van der Waals surface area contributed by atoms with Gasteiger partial charge >= 0.3 is 12.1 Å². The second-order valence-corrected chi connectivity index (χ2v) is 11.7. The maximum absolute atomic E-state index is 13.4. The number of aryl methyl sites for hydroxylation is 2. The van der Waals surface area contributed by atoms with Crippen molar-refractivity contribution < 1.29 is 27.8 Å². The number of fused-ring (bicyclic) bond motifs is 1. The van der Waals surface area contributed by atoms with Gasteiger partial charge in [-0.1, -0.05) is 19.1 Å². The molecule has 0 radical (unpaired) electrons. The highest BCUT2D eigenvalue weighted by molar-refractivity contribution is 7.11. The number of rotatable bonds is 6. The van der Waals surface area contributed by atoms with Crippen LogP contribution in [0.5, 0.6) is 5.75 Å². The molecule has 1 saturated carbocycles. The number of aliphatic carboxylic acids is 1. The monoisotopic (exact) mass is 508 g/mol. The molecular formula is C26H31F3N2O3S. The van der Waals surface area contributed by atoms with Gasteiger partial charge in [-0.25, -0.2) is 4.98 Å². The lowest BCUT2D eigenvalue weighted by atomic mass is 9.80. The van der Waals surface area contributed by atoms with Gasteiger partial charge in [-0.3, -0.25) is 9.69 Å². The van der Waals surface area contributed by atoms with E-state index in [1.807, 2.05) is 0 Å². The van der Waals surface area contributed by atoms with Crippen LogP contribution in [0.3, 0.4) is 0 Å². The summed E-state index contributed by atoms with van der Waals surface area (Å²) in [6, 6.07) is 6.21. The smallest absolute Gasteiger partial charge is 0.434 e. The molecule has 0 bridgehead atoms. The van der Waals surface area contributed by atoms with Gasteiger partial charge in [0.1, 0.15) is 11.4 Å². The van der Waals surface area contributed by atoms with Gasteiger partial charge in [0.2, 0.25) is 0 Å². The molecule has 1 aliphatic carbocycles. The number of carbonyl (C=O) groups is 1. The minimum atomic E-state index is -4.43. The third-order valence-electron chi connectivity index (χ3n) is 7.92. The fourth-order valence-electron chi connectivity index (χ4n) is 5.78. The molecule has 35 heavy (non-hydrogen) atoms. The van der Waals surface area contributed by atoms with Crippen LogP contribution in [-0.4, -0.2) is 39.7 Å². The molecular weight excluding hydrogens is 477 g/mol. The number of ether oxygens (including phenoxy) is 1. The summed E-state index contributed by atoms with van der Waals surface area (Å²) in [6.07, 6.45) is 0.996. The summed E-state index contributed by atoms with van der Waals surface area (Å²) in [7, 11) is 0. The number of thiazole rings is 1. The van der Waals surface area contributed by atoms with E-state index < -0.39 is 23.8 Å². The topological polar surface area (TPSA) is 62.7 Å². The van der Waals surface area contributed by atoms with Crippen LogP contribution in [0.4, 0.5) is 13.2 Å². The molecule has 9 heteroatoms. The van der Waals surface area contributed by atoms with E-state index >= 15 is 0 Å². The number of benzene rings is 1. The van der Waals surface area contributed by atoms with Crippen LogP contribution in [-0.2, 0) is 23.9 Å². The van der Waals surface area contributed by atoms with E-state index in [1.165, 1.54) is 0 Å². The Labute approximate surface area is 207 Å². The van der Waals surface area contributed by atoms with Crippen LogP contribution >= 0.6 is 11.3 Å². The van der Waals surface area contributed by atoms with Gasteiger partial charge in [0.25, 0.3) is 0 Å². The SMILES string of the molecule is Cc1nc(C(F)(F)F)c(CN2CCC3(CCc4ccc(C(C5CC5)C(C)C(=O)O)cc4O3)CC2)s1. The second-order valence-electron chi connectivity index (χ2n) is 10.4. The molecule has 2 fully saturated rings. The van der Waals surface area contributed by atoms with E-state index in [0.717, 1.165) is 66.7 Å². The molecule has 3 heterocycles. The summed E-state index contributed by atoms with van der Waals surface area (Å²) < 4.78 is 46.7. The highest BCUT2D eigenvalue weighted by Gasteiger charge is 2.43. The summed E-state index contributed by atoms with van der Waals surface area (Å²) >= 11 is 1.12. The summed E-state index contributed by atoms with van der Waals surface area (Å²) in [6.45, 7) is 5.00. The highest BCUT2D eigenvalue weighted by atomic mass is 32.1. The lowest BCUT2D eigenvalue weighted by Gasteiger charge is -2.44. The van der Waals surface area contributed by atoms with Gasteiger partial charge in [-0.2, -0.15) is 13.2 Å². The minimum absolute atomic E-state index is 0.00758. The lowest BCUT2D eigenvalue weighted by molar-refractivity contribution is -0.142. The largest absolute Gasteiger partial charge is 0.487 e. The highest BCUT2D eigenvalue weighted by Crippen LogP contribution is 2.49. The zero-order chi connectivity index (χ0) is 25.0. The summed E-state index contributed by atoms with van der Waals surface area (Å²) in [5.74, 6) is 0.0408. The molecule has 1 saturated heterocycles. The van der Waals surface area contributed by atoms with E-state index in [9.17, 15) is 23.1 Å². The molecule has 190 valence electrons. The molecule has 1 N–H and O–H groups in total. The van der Waals surface area contributed by atoms with Crippen molar-refractivity contribution in [2.45, 2.75) is 76.6 Å². The third kappa shape index (κ3) is 5.07. The van der Waals surface area contributed by atoms with E-state index in [2.05, 4.69) is 28.1 Å². The first-order valence-corrected chi connectivity index (χ1v) is 13.2. The van der Waals surface area contributed by atoms with Crippen LogP contribution in [0.25, 0.3) is 0 Å². The van der Waals surface area contributed by atoms with Gasteiger partial charge < -0.3 is 9.84 Å². The van der Waals surface area contributed by atoms with Crippen LogP contribution in [0, 0.1) is 18.8 Å². The van der Waals surface area contributed by atoms with Crippen molar-refractivity contribution >= 4 is 17.3 Å². The number of piperidine rings is 1. The fraction of sp³-hybridized carbons (Fsp3) is 0.615. The number of alkyl halides is 3. The number of carboxylic acids is 1. The van der Waals surface area contributed by atoms with E-state index in [0.29, 0.717) is 24.0 Å². The fourth-order valence-corrected chi connectivity index (χ4v) is 6.78. The molecule has 2 atom stereocenters. The first kappa shape index (κ1) is 24.6. The van der Waals surface area contributed by atoms with Crippen molar-refractivity contribution in [2.75, 3.05) is 13.1 Å². The summed E-state index contributed by atoms with van der Waals surface area (Å²) in [4.78, 5) is 17.8. The van der Waals surface area contributed by atoms with Crippen molar-refractivity contribution in [1.29, 1.82) is 0 Å². The van der Waals surface area contributed by atoms with E-state index in [4.69, 9.17) is 4.74 Å². The number of carboxylic acid groups (broad SMARTS) is 1. The zero-order valence-electron chi connectivity index (χ0n) is 20.0. The van der Waals surface area contributed by atoms with Crippen molar-refractivity contribution in [3.8, 4) is 5.75 Å². The molecule has 1 spiro atoms. The predicted octanol–water partition coefficient (Wildman–Crippen LogP) is 6.04. The van der Waals surface area contributed by atoms with Crippen LogP contribution < -0.4 is 4.74 Å². The lowest BCUT2D eigenvalue weighted by Crippen LogP contribution is -2.49. The molecule has 1 aromatic heterocycles. The predicted molar refractivity (Wildman–Crippen MR) is 127 cm³/mol. The Morgan fingerprint density at radius 2 is 2.00 bits per heavy atom. The van der Waals surface area contributed by atoms with E-state index in [-0.39, 0.29) is 22.9 Å². The van der Waals surface area contributed by atoms with Crippen molar-refractivity contribution in [1.82, 2.24) is 9.88 Å². The molecule has 5 rings (SSSR count). The Kier molecular flexibility index (Phi) is 6.36. The molecule has 5 nitrogen and oxygen atoms in total. The molecule has 3 aliphatic rings. The molecule has 1 aromatic carbocycles. The van der Waals surface area contributed by atoms with Gasteiger partial charge in [0.15, 0.2) is 5.69 Å². The quantitative estimate of drug-likeness (QED) is 0.515. The van der Waals surface area contributed by atoms with Gasteiger partial charge in [0, 0.05) is 19.6 Å². The minimum Gasteiger partial charge on any atom is -0.487 e. The second kappa shape index (κ2) is 9.07. The van der Waals surface area contributed by atoms with Gasteiger partial charge in [-0.05, 0) is 74.5 Å². The Morgan fingerprint density at radius 1 is 1.29 bits per heavy atom. The number of likely N-dealkylation sites (tertiary alicyclic amines) is 1. The Morgan fingerprint density at radius 3 is 2.63 bits per heavy atom. The Bertz CT molecular complexity index is 1100. The normalized spacial score (nSPS) is 21.9. The molecule has 0 amide bonds. The molecule has 2 aromatic rings. The van der Waals surface area contributed by atoms with Crippen LogP contribution in [0.15, 0.2) is 18.2 Å². The average Bonchev–Trinajstić information content (AvgIpc) is 3.55. The standard InChI is InChI=1S/C26H31F3N2O3S/c1-15(24(32)33)22(18-4-5-18)19-6-3-17-7-8-25(34-20(17)13-19)9-11-31(12-10-25)14-21-23(26(27,28)29)30-16(2)35-21/h3,6,13,15,18,22H,4-5,7-12,14H2,1-2H3,(H,32,33). The first-order chi connectivity index (χ1) is 16.5. The number of hydrogen-bond acceptors (Lipinski definition) is 5. The Balaban J connectivity index is 1.28. The average molecular weight is 509 g/mol. The number of halogens is 3. The number of aromatic nitrogens is 1. The maximum Gasteiger partial charge on any atom is 0.434 e. The number of hydrogen-bond donors (Lipinski definition) is 1. The van der Waals surface area contributed by atoms with Crippen molar-refractivity contribution in [3.05, 3.63) is 44.9 Å². The zero-order valence-corrected chi connectivity index (χ0v) is 20.8. The van der Waals surface area contributed by atoms with E-state index in [1.54, 1.807) is 13.8 Å². The van der Waals surface area contributed by atoms with Crippen LogP contribution in [0.1, 0.15) is 71.7 Å². The van der Waals surface area contributed by atoms with Crippen molar-refractivity contribution in [3.63, 3.8) is 0 Å². The summed E-state index contributed by atoms with van der Waals surface area (Å²) in [5.41, 5.74) is 1.12. The van der Waals surface area contributed by atoms with Gasteiger partial charge in [-0.15, -0.1) is 11.3 Å². The van der Waals surface area contributed by atoms with Crippen LogP contribution in [0.2, 0.25) is 0 Å². The Hall–Kier alpha value is -2.13.